The quantitative estimate of drug-likeness (QED) is 0.588. The fraction of sp³-hybridized carbons (Fsp3) is 1.00. The van der Waals surface area contributed by atoms with Crippen LogP contribution in [0.25, 0.3) is 0 Å². The molecule has 1 atom stereocenters. The summed E-state index contributed by atoms with van der Waals surface area (Å²) in [5.74, 6) is 0. The third-order valence-electron chi connectivity index (χ3n) is 4.28. The van der Waals surface area contributed by atoms with Gasteiger partial charge in [-0.1, -0.05) is 19.8 Å². The van der Waals surface area contributed by atoms with Crippen molar-refractivity contribution in [1.29, 1.82) is 0 Å². The Bertz CT molecular complexity index is 206. The fourth-order valence-electron chi connectivity index (χ4n) is 2.99. The molecule has 1 unspecified atom stereocenters. The first-order valence-electron chi connectivity index (χ1n) is 8.09. The lowest BCUT2D eigenvalue weighted by Gasteiger charge is -2.39. The molecule has 19 heavy (non-hydrogen) atoms. The fourth-order valence-corrected chi connectivity index (χ4v) is 2.99. The highest BCUT2D eigenvalue weighted by Crippen LogP contribution is 2.12. The molecule has 1 fully saturated rings. The SMILES string of the molecule is CCC(CCN)N1CCN(CCCCCCO)CC1. The van der Waals surface area contributed by atoms with Crippen molar-refractivity contribution in [3.05, 3.63) is 0 Å². The molecule has 0 bridgehead atoms. The second-order valence-electron chi connectivity index (χ2n) is 5.65. The van der Waals surface area contributed by atoms with Crippen molar-refractivity contribution in [2.24, 2.45) is 5.73 Å². The lowest BCUT2D eigenvalue weighted by molar-refractivity contribution is 0.0899. The molecule has 0 aromatic rings. The summed E-state index contributed by atoms with van der Waals surface area (Å²) >= 11 is 0. The molecule has 0 aromatic heterocycles. The van der Waals surface area contributed by atoms with Gasteiger partial charge in [0.15, 0.2) is 0 Å². The summed E-state index contributed by atoms with van der Waals surface area (Å²) in [6.07, 6.45) is 7.03. The number of hydrogen-bond acceptors (Lipinski definition) is 4. The second kappa shape index (κ2) is 10.6. The van der Waals surface area contributed by atoms with E-state index in [4.69, 9.17) is 10.8 Å². The summed E-state index contributed by atoms with van der Waals surface area (Å²) in [6.45, 7) is 9.48. The summed E-state index contributed by atoms with van der Waals surface area (Å²) < 4.78 is 0. The molecule has 1 aliphatic heterocycles. The molecule has 0 radical (unpaired) electrons. The molecule has 1 saturated heterocycles. The molecule has 0 amide bonds. The summed E-state index contributed by atoms with van der Waals surface area (Å²) in [4.78, 5) is 5.21. The number of nitrogens with two attached hydrogens (primary N) is 1. The van der Waals surface area contributed by atoms with Gasteiger partial charge < -0.3 is 15.7 Å². The van der Waals surface area contributed by atoms with Crippen LogP contribution in [-0.4, -0.2) is 66.8 Å². The Labute approximate surface area is 118 Å². The number of nitrogens with zero attached hydrogens (tertiary/aromatic N) is 2. The number of hydrogen-bond donors (Lipinski definition) is 2. The number of aliphatic hydroxyl groups excluding tert-OH is 1. The van der Waals surface area contributed by atoms with E-state index in [1.807, 2.05) is 0 Å². The summed E-state index contributed by atoms with van der Waals surface area (Å²) in [6, 6.07) is 0.691. The van der Waals surface area contributed by atoms with E-state index in [1.54, 1.807) is 0 Å². The molecule has 4 heteroatoms. The monoisotopic (exact) mass is 271 g/mol. The standard InChI is InChI=1S/C15H33N3O/c1-2-15(7-8-16)18-12-10-17(11-13-18)9-5-3-4-6-14-19/h15,19H,2-14,16H2,1H3. The zero-order valence-electron chi connectivity index (χ0n) is 12.7. The number of piperazine rings is 1. The van der Waals surface area contributed by atoms with Gasteiger partial charge in [0.2, 0.25) is 0 Å². The van der Waals surface area contributed by atoms with Crippen LogP contribution >= 0.6 is 0 Å². The Morgan fingerprint density at radius 3 is 2.32 bits per heavy atom. The Balaban J connectivity index is 2.10. The molecule has 1 aliphatic rings. The van der Waals surface area contributed by atoms with Crippen molar-refractivity contribution in [1.82, 2.24) is 9.80 Å². The van der Waals surface area contributed by atoms with Gasteiger partial charge in [0, 0.05) is 38.8 Å². The van der Waals surface area contributed by atoms with Crippen molar-refractivity contribution in [3.8, 4) is 0 Å². The van der Waals surface area contributed by atoms with Crippen LogP contribution in [0.4, 0.5) is 0 Å². The number of rotatable bonds is 10. The maximum atomic E-state index is 8.74. The molecule has 114 valence electrons. The van der Waals surface area contributed by atoms with Gasteiger partial charge >= 0.3 is 0 Å². The lowest BCUT2D eigenvalue weighted by Crippen LogP contribution is -2.50. The minimum atomic E-state index is 0.345. The van der Waals surface area contributed by atoms with E-state index in [2.05, 4.69) is 16.7 Å². The lowest BCUT2D eigenvalue weighted by atomic mass is 10.1. The van der Waals surface area contributed by atoms with E-state index in [1.165, 1.54) is 58.4 Å². The summed E-state index contributed by atoms with van der Waals surface area (Å²) in [7, 11) is 0. The highest BCUT2D eigenvalue weighted by molar-refractivity contribution is 4.78. The number of aliphatic hydroxyl groups is 1. The van der Waals surface area contributed by atoms with Gasteiger partial charge in [0.05, 0.1) is 0 Å². The van der Waals surface area contributed by atoms with Crippen molar-refractivity contribution >= 4 is 0 Å². The van der Waals surface area contributed by atoms with E-state index in [9.17, 15) is 0 Å². The van der Waals surface area contributed by atoms with E-state index < -0.39 is 0 Å². The Morgan fingerprint density at radius 2 is 1.74 bits per heavy atom. The first-order valence-corrected chi connectivity index (χ1v) is 8.09. The zero-order valence-corrected chi connectivity index (χ0v) is 12.7. The van der Waals surface area contributed by atoms with Crippen molar-refractivity contribution < 1.29 is 5.11 Å². The van der Waals surface area contributed by atoms with Gasteiger partial charge in [-0.05, 0) is 38.8 Å². The van der Waals surface area contributed by atoms with Crippen LogP contribution in [0.2, 0.25) is 0 Å². The Kier molecular flexibility index (Phi) is 9.43. The van der Waals surface area contributed by atoms with Gasteiger partial charge in [-0.3, -0.25) is 4.90 Å². The summed E-state index contributed by atoms with van der Waals surface area (Å²) in [5.41, 5.74) is 5.69. The van der Waals surface area contributed by atoms with E-state index in [-0.39, 0.29) is 0 Å². The molecule has 1 rings (SSSR count). The molecular formula is C15H33N3O. The predicted octanol–water partition coefficient (Wildman–Crippen LogP) is 1.28. The van der Waals surface area contributed by atoms with E-state index in [0.717, 1.165) is 19.4 Å². The van der Waals surface area contributed by atoms with Gasteiger partial charge in [0.1, 0.15) is 0 Å². The van der Waals surface area contributed by atoms with E-state index in [0.29, 0.717) is 12.6 Å². The number of unbranched alkanes of at least 4 members (excludes halogenated alkanes) is 3. The van der Waals surface area contributed by atoms with E-state index >= 15 is 0 Å². The molecule has 0 aromatic carbocycles. The maximum absolute atomic E-state index is 8.74. The minimum Gasteiger partial charge on any atom is -0.396 e. The van der Waals surface area contributed by atoms with Crippen molar-refractivity contribution in [2.75, 3.05) is 45.9 Å². The summed E-state index contributed by atoms with van der Waals surface area (Å²) in [5, 5.41) is 8.74. The second-order valence-corrected chi connectivity index (χ2v) is 5.65. The highest BCUT2D eigenvalue weighted by atomic mass is 16.2. The first kappa shape index (κ1) is 16.9. The maximum Gasteiger partial charge on any atom is 0.0431 e. The van der Waals surface area contributed by atoms with Crippen molar-refractivity contribution in [2.45, 2.75) is 51.5 Å². The van der Waals surface area contributed by atoms with Gasteiger partial charge in [0.25, 0.3) is 0 Å². The highest BCUT2D eigenvalue weighted by Gasteiger charge is 2.21. The molecular weight excluding hydrogens is 238 g/mol. The normalized spacial score (nSPS) is 19.7. The Morgan fingerprint density at radius 1 is 1.05 bits per heavy atom. The third-order valence-corrected chi connectivity index (χ3v) is 4.28. The van der Waals surface area contributed by atoms with Crippen LogP contribution in [0, 0.1) is 0 Å². The van der Waals surface area contributed by atoms with Crippen LogP contribution in [0.1, 0.15) is 45.4 Å². The predicted molar refractivity (Wildman–Crippen MR) is 81.3 cm³/mol. The van der Waals surface area contributed by atoms with Crippen LogP contribution in [-0.2, 0) is 0 Å². The molecule has 1 heterocycles. The van der Waals surface area contributed by atoms with Gasteiger partial charge in [-0.15, -0.1) is 0 Å². The van der Waals surface area contributed by atoms with Gasteiger partial charge in [-0.25, -0.2) is 0 Å². The van der Waals surface area contributed by atoms with Crippen LogP contribution < -0.4 is 5.73 Å². The smallest absolute Gasteiger partial charge is 0.0431 e. The molecule has 0 spiro atoms. The molecule has 3 N–H and O–H groups in total. The zero-order chi connectivity index (χ0) is 13.9. The molecule has 0 saturated carbocycles. The average Bonchev–Trinajstić information content (AvgIpc) is 2.45. The molecule has 0 aliphatic carbocycles. The minimum absolute atomic E-state index is 0.345. The third kappa shape index (κ3) is 6.70. The van der Waals surface area contributed by atoms with Gasteiger partial charge in [-0.2, -0.15) is 0 Å². The Hall–Kier alpha value is -0.160. The van der Waals surface area contributed by atoms with Crippen LogP contribution in [0.5, 0.6) is 0 Å². The van der Waals surface area contributed by atoms with Crippen LogP contribution in [0.15, 0.2) is 0 Å². The first-order chi connectivity index (χ1) is 9.31. The largest absolute Gasteiger partial charge is 0.396 e. The molecule has 4 nitrogen and oxygen atoms in total. The topological polar surface area (TPSA) is 52.7 Å². The van der Waals surface area contributed by atoms with Crippen LogP contribution in [0.3, 0.4) is 0 Å². The van der Waals surface area contributed by atoms with Crippen molar-refractivity contribution in [3.63, 3.8) is 0 Å². The average molecular weight is 271 g/mol.